The van der Waals surface area contributed by atoms with Gasteiger partial charge in [0.25, 0.3) is 0 Å². The van der Waals surface area contributed by atoms with Gasteiger partial charge >= 0.3 is 0 Å². The van der Waals surface area contributed by atoms with Gasteiger partial charge in [-0.3, -0.25) is 4.79 Å². The minimum Gasteiger partial charge on any atom is -0.497 e. The number of hydrogen-bond donors (Lipinski definition) is 1. The predicted octanol–water partition coefficient (Wildman–Crippen LogP) is 4.10. The van der Waals surface area contributed by atoms with Gasteiger partial charge in [-0.05, 0) is 26.0 Å². The summed E-state index contributed by atoms with van der Waals surface area (Å²) in [7, 11) is 1.63. The van der Waals surface area contributed by atoms with E-state index in [1.54, 1.807) is 31.4 Å². The summed E-state index contributed by atoms with van der Waals surface area (Å²) in [4.78, 5) is 16.8. The first kappa shape index (κ1) is 19.3. The van der Waals surface area contributed by atoms with Crippen LogP contribution >= 0.6 is 23.1 Å². The monoisotopic (exact) mass is 427 g/mol. The summed E-state index contributed by atoms with van der Waals surface area (Å²) >= 11 is 2.83. The van der Waals surface area contributed by atoms with Crippen molar-refractivity contribution in [2.75, 3.05) is 18.2 Å². The molecule has 0 aliphatic heterocycles. The minimum absolute atomic E-state index is 0.158. The Morgan fingerprint density at radius 2 is 2.14 bits per heavy atom. The number of benzene rings is 1. The van der Waals surface area contributed by atoms with Crippen molar-refractivity contribution in [3.63, 3.8) is 0 Å². The van der Waals surface area contributed by atoms with Crippen LogP contribution in [0.3, 0.4) is 0 Å². The zero-order valence-electron chi connectivity index (χ0n) is 15.9. The van der Waals surface area contributed by atoms with E-state index < -0.39 is 0 Å². The lowest BCUT2D eigenvalue weighted by molar-refractivity contribution is -0.113. The first-order valence-corrected chi connectivity index (χ1v) is 10.5. The van der Waals surface area contributed by atoms with Crippen LogP contribution in [0.2, 0.25) is 0 Å². The highest BCUT2D eigenvalue weighted by Gasteiger charge is 2.17. The molecule has 10 heteroatoms. The Morgan fingerprint density at radius 3 is 2.90 bits per heavy atom. The maximum Gasteiger partial charge on any atom is 0.236 e. The first-order chi connectivity index (χ1) is 14.0. The molecule has 0 saturated carbocycles. The Bertz CT molecular complexity index is 1190. The number of nitrogens with zero attached hydrogens (tertiary/aromatic N) is 4. The van der Waals surface area contributed by atoms with E-state index in [4.69, 9.17) is 9.26 Å². The number of amides is 1. The van der Waals surface area contributed by atoms with Gasteiger partial charge in [-0.25, -0.2) is 4.98 Å². The highest BCUT2D eigenvalue weighted by atomic mass is 32.2. The Balaban J connectivity index is 1.58. The Hall–Kier alpha value is -2.98. The van der Waals surface area contributed by atoms with Crippen molar-refractivity contribution < 1.29 is 14.1 Å². The van der Waals surface area contributed by atoms with Crippen molar-refractivity contribution in [2.24, 2.45) is 0 Å². The number of carbonyl (C=O) groups excluding carboxylic acids is 1. The molecule has 0 bridgehead atoms. The number of hydrogen-bond acceptors (Lipinski definition) is 9. The molecule has 148 valence electrons. The fourth-order valence-electron chi connectivity index (χ4n) is 2.72. The van der Waals surface area contributed by atoms with Gasteiger partial charge in [-0.2, -0.15) is 0 Å². The molecular weight excluding hydrogens is 410 g/mol. The predicted molar refractivity (Wildman–Crippen MR) is 113 cm³/mol. The van der Waals surface area contributed by atoms with Crippen LogP contribution < -0.4 is 10.1 Å². The summed E-state index contributed by atoms with van der Waals surface area (Å²) in [5, 5.41) is 16.7. The summed E-state index contributed by atoms with van der Waals surface area (Å²) < 4.78 is 11.2. The fraction of sp³-hybridized carbons (Fsp3) is 0.211. The van der Waals surface area contributed by atoms with Crippen LogP contribution in [0, 0.1) is 13.8 Å². The average molecular weight is 428 g/mol. The van der Waals surface area contributed by atoms with Crippen LogP contribution in [0.4, 0.5) is 5.82 Å². The minimum atomic E-state index is -0.206. The second kappa shape index (κ2) is 8.18. The van der Waals surface area contributed by atoms with Crippen molar-refractivity contribution in [1.82, 2.24) is 20.3 Å². The normalized spacial score (nSPS) is 11.0. The van der Waals surface area contributed by atoms with Gasteiger partial charge in [0, 0.05) is 11.6 Å². The molecule has 1 aromatic carbocycles. The van der Waals surface area contributed by atoms with Gasteiger partial charge in [0.2, 0.25) is 5.91 Å². The lowest BCUT2D eigenvalue weighted by atomic mass is 10.1. The largest absolute Gasteiger partial charge is 0.497 e. The lowest BCUT2D eigenvalue weighted by Crippen LogP contribution is -2.14. The molecule has 0 unspecified atom stereocenters. The molecule has 0 aliphatic carbocycles. The molecule has 0 atom stereocenters. The third-order valence-electron chi connectivity index (χ3n) is 3.97. The maximum atomic E-state index is 12.2. The molecule has 0 aliphatic rings. The quantitative estimate of drug-likeness (QED) is 0.459. The maximum absolute atomic E-state index is 12.2. The summed E-state index contributed by atoms with van der Waals surface area (Å²) in [5.41, 5.74) is 2.40. The highest BCUT2D eigenvalue weighted by Crippen LogP contribution is 2.36. The number of aryl methyl sites for hydroxylation is 2. The average Bonchev–Trinajstić information content (AvgIpc) is 3.30. The molecule has 4 rings (SSSR count). The number of carbonyl (C=O) groups is 1. The van der Waals surface area contributed by atoms with Gasteiger partial charge < -0.3 is 14.6 Å². The Kier molecular flexibility index (Phi) is 5.45. The third-order valence-corrected chi connectivity index (χ3v) is 5.90. The topological polar surface area (TPSA) is 103 Å². The molecule has 0 saturated heterocycles. The number of anilines is 1. The number of rotatable bonds is 6. The van der Waals surface area contributed by atoms with Crippen LogP contribution in [-0.4, -0.2) is 39.1 Å². The van der Waals surface area contributed by atoms with E-state index in [-0.39, 0.29) is 11.7 Å². The fourth-order valence-corrected chi connectivity index (χ4v) is 4.43. The van der Waals surface area contributed by atoms with E-state index in [0.29, 0.717) is 16.6 Å². The van der Waals surface area contributed by atoms with Crippen LogP contribution in [0.1, 0.15) is 10.8 Å². The van der Waals surface area contributed by atoms with E-state index >= 15 is 0 Å². The zero-order valence-corrected chi connectivity index (χ0v) is 17.6. The van der Waals surface area contributed by atoms with E-state index in [1.807, 2.05) is 31.2 Å². The summed E-state index contributed by atoms with van der Waals surface area (Å²) in [6.45, 7) is 3.70. The van der Waals surface area contributed by atoms with Gasteiger partial charge in [0.1, 0.15) is 27.7 Å². The van der Waals surface area contributed by atoms with E-state index in [9.17, 15) is 4.79 Å². The van der Waals surface area contributed by atoms with Gasteiger partial charge in [-0.1, -0.05) is 29.1 Å². The van der Waals surface area contributed by atoms with Crippen LogP contribution in [0.15, 0.2) is 39.9 Å². The van der Waals surface area contributed by atoms with Crippen LogP contribution in [0.5, 0.6) is 5.75 Å². The molecule has 8 nitrogen and oxygen atoms in total. The molecule has 3 heterocycles. The van der Waals surface area contributed by atoms with E-state index in [0.717, 1.165) is 32.2 Å². The number of nitrogens with one attached hydrogen (secondary N) is 1. The second-order valence-electron chi connectivity index (χ2n) is 6.16. The molecule has 1 amide bonds. The zero-order chi connectivity index (χ0) is 20.4. The van der Waals surface area contributed by atoms with Crippen molar-refractivity contribution in [1.29, 1.82) is 0 Å². The van der Waals surface area contributed by atoms with Gasteiger partial charge in [-0.15, -0.1) is 21.5 Å². The summed E-state index contributed by atoms with van der Waals surface area (Å²) in [5.74, 6) is 1.72. The number of fused-ring (bicyclic) bond motifs is 1. The van der Waals surface area contributed by atoms with Crippen molar-refractivity contribution in [3.05, 3.63) is 41.1 Å². The second-order valence-corrected chi connectivity index (χ2v) is 8.32. The molecule has 29 heavy (non-hydrogen) atoms. The van der Waals surface area contributed by atoms with Crippen LogP contribution in [0.25, 0.3) is 21.5 Å². The number of thioether (sulfide) groups is 1. The Labute approximate surface area is 174 Å². The SMILES string of the molecule is COc1cccc(-c2nnc(SCC(=O)Nc3cc(C)on3)c3nc(C)sc23)c1. The van der Waals surface area contributed by atoms with Gasteiger partial charge in [0.15, 0.2) is 5.82 Å². The standard InChI is InChI=1S/C19H17N5O3S2/c1-10-7-14(24-27-10)21-15(25)9-28-19-17-18(29-11(2)20-17)16(22-23-19)12-5-4-6-13(8-12)26-3/h4-8H,9H2,1-3H3,(H,21,24,25). The van der Waals surface area contributed by atoms with Crippen LogP contribution in [-0.2, 0) is 4.79 Å². The molecule has 0 fully saturated rings. The first-order valence-electron chi connectivity index (χ1n) is 8.67. The van der Waals surface area contributed by atoms with Crippen molar-refractivity contribution in [3.8, 4) is 17.0 Å². The molecular formula is C19H17N5O3S2. The van der Waals surface area contributed by atoms with Crippen molar-refractivity contribution >= 4 is 45.0 Å². The lowest BCUT2D eigenvalue weighted by Gasteiger charge is -2.06. The van der Waals surface area contributed by atoms with E-state index in [1.165, 1.54) is 11.8 Å². The number of thiazole rings is 1. The molecule has 1 N–H and O–H groups in total. The van der Waals surface area contributed by atoms with E-state index in [2.05, 4.69) is 25.7 Å². The number of methoxy groups -OCH3 is 1. The summed E-state index contributed by atoms with van der Waals surface area (Å²) in [6, 6.07) is 9.33. The molecule has 0 spiro atoms. The number of aromatic nitrogens is 4. The summed E-state index contributed by atoms with van der Waals surface area (Å²) in [6.07, 6.45) is 0. The Morgan fingerprint density at radius 1 is 1.28 bits per heavy atom. The third kappa shape index (κ3) is 4.22. The van der Waals surface area contributed by atoms with Gasteiger partial charge in [0.05, 0.1) is 22.6 Å². The molecule has 4 aromatic rings. The smallest absolute Gasteiger partial charge is 0.236 e. The molecule has 3 aromatic heterocycles. The number of ether oxygens (including phenoxy) is 1. The highest BCUT2D eigenvalue weighted by molar-refractivity contribution is 8.00. The van der Waals surface area contributed by atoms with Crippen molar-refractivity contribution in [2.45, 2.75) is 18.9 Å². The molecule has 0 radical (unpaired) electrons.